The van der Waals surface area contributed by atoms with Crippen LogP contribution in [0.5, 0.6) is 0 Å². The predicted octanol–water partition coefficient (Wildman–Crippen LogP) is -11.2. The highest BCUT2D eigenvalue weighted by Gasteiger charge is 2.66. The van der Waals surface area contributed by atoms with E-state index in [0.29, 0.717) is 0 Å². The van der Waals surface area contributed by atoms with Crippen molar-refractivity contribution in [2.45, 2.75) is 91.4 Å². The van der Waals surface area contributed by atoms with Crippen molar-refractivity contribution < 1.29 is 120 Å². The van der Waals surface area contributed by atoms with E-state index < -0.39 is 122 Å². The van der Waals surface area contributed by atoms with E-state index in [-0.39, 0.29) is 0 Å². The van der Waals surface area contributed by atoms with Crippen molar-refractivity contribution in [1.82, 2.24) is 0 Å². The quantitative estimate of drug-likeness (QED) is 0.0656. The number of hydrogen-bond acceptors (Lipinski definition) is 24. The van der Waals surface area contributed by atoms with Crippen LogP contribution in [0.4, 0.5) is 0 Å². The molecule has 2 rings (SSSR count). The van der Waals surface area contributed by atoms with Crippen LogP contribution >= 0.6 is 0 Å². The van der Waals surface area contributed by atoms with Crippen LogP contribution in [-0.4, -0.2) is 193 Å². The first-order valence-corrected chi connectivity index (χ1v) is 12.0. The Morgan fingerprint density at radius 1 is 0.636 bits per heavy atom. The van der Waals surface area contributed by atoms with Crippen LogP contribution in [0.25, 0.3) is 0 Å². The molecule has 14 N–H and O–H groups in total. The molecular formula is C20H30O24. The van der Waals surface area contributed by atoms with Crippen LogP contribution in [0.2, 0.25) is 0 Å². The summed E-state index contributed by atoms with van der Waals surface area (Å²) in [6.07, 6.45) is -35.0. The fourth-order valence-corrected chi connectivity index (χ4v) is 3.85. The minimum Gasteiger partial charge on any atom is -0.394 e. The number of carbonyl (C=O) groups excluding carboxylic acids is 4. The molecule has 254 valence electrons. The van der Waals surface area contributed by atoms with Crippen molar-refractivity contribution in [1.29, 1.82) is 0 Å². The van der Waals surface area contributed by atoms with Gasteiger partial charge in [0.05, 0.1) is 6.61 Å². The molecule has 24 heteroatoms. The predicted molar refractivity (Wildman–Crippen MR) is 118 cm³/mol. The molecule has 0 amide bonds. The van der Waals surface area contributed by atoms with E-state index in [1.54, 1.807) is 0 Å². The van der Waals surface area contributed by atoms with Crippen molar-refractivity contribution in [2.24, 2.45) is 0 Å². The summed E-state index contributed by atoms with van der Waals surface area (Å²) >= 11 is 0. The number of hydrogen-bond donors (Lipinski definition) is 14. The molecule has 2 saturated heterocycles. The van der Waals surface area contributed by atoms with Gasteiger partial charge in [-0.15, -0.1) is 0 Å². The Morgan fingerprint density at radius 3 is 1.70 bits per heavy atom. The summed E-state index contributed by atoms with van der Waals surface area (Å²) in [4.78, 5) is 63.8. The third kappa shape index (κ3) is 7.37. The zero-order valence-corrected chi connectivity index (χ0v) is 21.6. The topological polar surface area (TPSA) is 407 Å². The standard InChI is InChI=1S/C20H30O24/c21-1-2(22)3(23)4(24)7(27)12(31)20(13(32)8(28)10(30)15(34)40-20)19(38)44-43-18(37)17(36)42-41-16(35)11-6(26)5(25)9(29)14(33)39-11/h2-15,21-34H,1H2/t2-,3-,4-,5?,6?,7-,8?,9?,10?,11?,12?,13?,14?,15?,20?/m1/s1. The molecule has 0 aliphatic carbocycles. The van der Waals surface area contributed by atoms with Crippen LogP contribution in [-0.2, 0) is 48.2 Å². The maximum absolute atomic E-state index is 12.8. The van der Waals surface area contributed by atoms with Crippen LogP contribution in [0.15, 0.2) is 0 Å². The van der Waals surface area contributed by atoms with Gasteiger partial charge in [0.1, 0.15) is 67.1 Å². The van der Waals surface area contributed by atoms with E-state index in [1.807, 2.05) is 0 Å². The zero-order valence-electron chi connectivity index (χ0n) is 21.6. The molecule has 2 aliphatic rings. The van der Waals surface area contributed by atoms with Gasteiger partial charge in [0.25, 0.3) is 0 Å². The lowest BCUT2D eigenvalue weighted by atomic mass is 9.78. The first-order valence-electron chi connectivity index (χ1n) is 12.0. The van der Waals surface area contributed by atoms with Gasteiger partial charge in [0.15, 0.2) is 18.7 Å². The lowest BCUT2D eigenvalue weighted by molar-refractivity contribution is -0.356. The molecule has 44 heavy (non-hydrogen) atoms. The zero-order chi connectivity index (χ0) is 33.8. The first-order chi connectivity index (χ1) is 20.3. The lowest BCUT2D eigenvalue weighted by Crippen LogP contribution is -2.75. The van der Waals surface area contributed by atoms with Gasteiger partial charge in [-0.3, -0.25) is 0 Å². The number of carbonyl (C=O) groups is 4. The second kappa shape index (κ2) is 15.0. The molecule has 2 fully saturated rings. The van der Waals surface area contributed by atoms with E-state index >= 15 is 0 Å². The number of ether oxygens (including phenoxy) is 2. The molecule has 24 nitrogen and oxygen atoms in total. The van der Waals surface area contributed by atoms with Crippen LogP contribution in [0.1, 0.15) is 0 Å². The summed E-state index contributed by atoms with van der Waals surface area (Å²) in [6, 6.07) is 0. The maximum atomic E-state index is 12.8. The van der Waals surface area contributed by atoms with Crippen LogP contribution in [0.3, 0.4) is 0 Å². The molecule has 0 radical (unpaired) electrons. The van der Waals surface area contributed by atoms with Gasteiger partial charge in [-0.2, -0.15) is 0 Å². The molecule has 2 heterocycles. The summed E-state index contributed by atoms with van der Waals surface area (Å²) in [5.41, 5.74) is -3.75. The van der Waals surface area contributed by atoms with E-state index in [9.17, 15) is 85.6 Å². The Kier molecular flexibility index (Phi) is 12.8. The van der Waals surface area contributed by atoms with E-state index in [1.165, 1.54) is 0 Å². The summed E-state index contributed by atoms with van der Waals surface area (Å²) in [7, 11) is 0. The molecular weight excluding hydrogens is 624 g/mol. The SMILES string of the molecule is O=C(OOC(=O)C1OC(O)C(O)C(O)C1O)C(=O)OOC(=O)C1(C(O)[C@H](O)[C@H](O)[C@H](O)[C@H](O)CO)OC(O)C(O)C(O)C1O. The molecule has 0 aromatic carbocycles. The minimum atomic E-state index is -3.75. The Hall–Kier alpha value is -2.76. The fourth-order valence-electron chi connectivity index (χ4n) is 3.85. The molecule has 0 aromatic heterocycles. The average molecular weight is 654 g/mol. The molecule has 11 unspecified atom stereocenters. The highest BCUT2D eigenvalue weighted by molar-refractivity contribution is 6.29. The number of aliphatic hydroxyl groups is 14. The summed E-state index contributed by atoms with van der Waals surface area (Å²) in [5, 5.41) is 137. The second-order valence-corrected chi connectivity index (χ2v) is 9.33. The second-order valence-electron chi connectivity index (χ2n) is 9.33. The van der Waals surface area contributed by atoms with Gasteiger partial charge in [-0.1, -0.05) is 0 Å². The van der Waals surface area contributed by atoms with Gasteiger partial charge in [0, 0.05) is 0 Å². The molecule has 15 atom stereocenters. The van der Waals surface area contributed by atoms with Crippen LogP contribution in [0, 0.1) is 0 Å². The fraction of sp³-hybridized carbons (Fsp3) is 0.800. The summed E-state index contributed by atoms with van der Waals surface area (Å²) < 4.78 is 9.10. The van der Waals surface area contributed by atoms with E-state index in [4.69, 9.17) is 5.11 Å². The Bertz CT molecular complexity index is 1020. The third-order valence-electron chi connectivity index (χ3n) is 6.46. The summed E-state index contributed by atoms with van der Waals surface area (Å²) in [5.74, 6) is -9.01. The Labute approximate surface area is 242 Å². The van der Waals surface area contributed by atoms with Crippen LogP contribution < -0.4 is 0 Å². The maximum Gasteiger partial charge on any atom is 0.467 e. The van der Waals surface area contributed by atoms with Crippen molar-refractivity contribution in [2.75, 3.05) is 6.61 Å². The Morgan fingerprint density at radius 2 is 1.16 bits per heavy atom. The highest BCUT2D eigenvalue weighted by Crippen LogP contribution is 2.36. The summed E-state index contributed by atoms with van der Waals surface area (Å²) in [6.45, 7) is -1.21. The monoisotopic (exact) mass is 654 g/mol. The van der Waals surface area contributed by atoms with Crippen molar-refractivity contribution in [3.8, 4) is 0 Å². The normalized spacial score (nSPS) is 37.5. The molecule has 0 spiro atoms. The van der Waals surface area contributed by atoms with E-state index in [2.05, 4.69) is 29.0 Å². The van der Waals surface area contributed by atoms with Gasteiger partial charge < -0.3 is 81.0 Å². The minimum absolute atomic E-state index is 1.21. The van der Waals surface area contributed by atoms with Crippen molar-refractivity contribution >= 4 is 23.9 Å². The molecule has 0 aromatic rings. The van der Waals surface area contributed by atoms with Crippen molar-refractivity contribution in [3.05, 3.63) is 0 Å². The first kappa shape index (κ1) is 37.4. The largest absolute Gasteiger partial charge is 0.467 e. The smallest absolute Gasteiger partial charge is 0.394 e. The van der Waals surface area contributed by atoms with Gasteiger partial charge in [0.2, 0.25) is 5.60 Å². The Balaban J connectivity index is 2.16. The molecule has 0 saturated carbocycles. The van der Waals surface area contributed by atoms with E-state index in [0.717, 1.165) is 0 Å². The number of aliphatic hydroxyl groups excluding tert-OH is 14. The number of rotatable bonds is 8. The average Bonchev–Trinajstić information content (AvgIpc) is 3.01. The molecule has 2 aliphatic heterocycles. The van der Waals surface area contributed by atoms with Gasteiger partial charge in [-0.25, -0.2) is 38.7 Å². The van der Waals surface area contributed by atoms with Gasteiger partial charge in [-0.05, 0) is 0 Å². The highest BCUT2D eigenvalue weighted by atomic mass is 17.2. The lowest BCUT2D eigenvalue weighted by Gasteiger charge is -2.48. The molecule has 0 bridgehead atoms. The third-order valence-corrected chi connectivity index (χ3v) is 6.46. The van der Waals surface area contributed by atoms with Crippen molar-refractivity contribution in [3.63, 3.8) is 0 Å². The van der Waals surface area contributed by atoms with Gasteiger partial charge >= 0.3 is 23.9 Å².